The number of benzene rings is 1. The second kappa shape index (κ2) is 13.2. The number of guanidine groups is 1. The lowest BCUT2D eigenvalue weighted by Crippen LogP contribution is -2.37. The van der Waals surface area contributed by atoms with Crippen LogP contribution < -0.4 is 10.6 Å². The van der Waals surface area contributed by atoms with Crippen LogP contribution in [-0.4, -0.2) is 31.1 Å². The molecule has 0 unspecified atom stereocenters. The molecule has 120 valence electrons. The lowest BCUT2D eigenvalue weighted by molar-refractivity contribution is 0.627. The van der Waals surface area contributed by atoms with Gasteiger partial charge in [0.25, 0.3) is 0 Å². The van der Waals surface area contributed by atoms with E-state index in [0.29, 0.717) is 6.54 Å². The third-order valence-electron chi connectivity index (χ3n) is 2.74. The van der Waals surface area contributed by atoms with Crippen molar-refractivity contribution in [2.24, 2.45) is 4.99 Å². The molecule has 0 saturated heterocycles. The number of rotatable bonds is 8. The molecule has 0 fully saturated rings. The highest BCUT2D eigenvalue weighted by atomic mass is 127. The van der Waals surface area contributed by atoms with Crippen LogP contribution in [0.4, 0.5) is 4.39 Å². The highest BCUT2D eigenvalue weighted by Gasteiger charge is 1.98. The molecule has 1 aromatic rings. The average molecular weight is 425 g/mol. The minimum Gasteiger partial charge on any atom is -0.357 e. The molecule has 0 spiro atoms. The zero-order chi connectivity index (χ0) is 14.6. The molecule has 0 bridgehead atoms. The summed E-state index contributed by atoms with van der Waals surface area (Å²) in [5, 5.41) is 6.53. The van der Waals surface area contributed by atoms with Gasteiger partial charge in [-0.1, -0.05) is 12.1 Å². The second-order valence-corrected chi connectivity index (χ2v) is 5.43. The third kappa shape index (κ3) is 9.95. The van der Waals surface area contributed by atoms with Crippen LogP contribution in [0.1, 0.15) is 25.3 Å². The fraction of sp³-hybridized carbons (Fsp3) is 0.533. The van der Waals surface area contributed by atoms with E-state index in [2.05, 4.69) is 21.9 Å². The number of hydrogen-bond donors (Lipinski definition) is 2. The maximum atomic E-state index is 12.8. The Kier molecular flexibility index (Phi) is 12.9. The van der Waals surface area contributed by atoms with Crippen LogP contribution in [0.5, 0.6) is 0 Å². The van der Waals surface area contributed by atoms with Gasteiger partial charge in [-0.3, -0.25) is 0 Å². The topological polar surface area (TPSA) is 36.4 Å². The fourth-order valence-corrected chi connectivity index (χ4v) is 2.17. The van der Waals surface area contributed by atoms with E-state index in [1.807, 2.05) is 18.7 Å². The van der Waals surface area contributed by atoms with Crippen LogP contribution in [-0.2, 0) is 6.54 Å². The van der Waals surface area contributed by atoms with Gasteiger partial charge >= 0.3 is 0 Å². The molecule has 0 saturated carbocycles. The van der Waals surface area contributed by atoms with Crippen molar-refractivity contribution in [3.05, 3.63) is 35.6 Å². The number of nitrogens with zero attached hydrogens (tertiary/aromatic N) is 1. The van der Waals surface area contributed by atoms with E-state index in [1.54, 1.807) is 12.1 Å². The Bertz CT molecular complexity index is 398. The van der Waals surface area contributed by atoms with E-state index >= 15 is 0 Å². The standard InChI is InChI=1S/C15H24FN3S.HI/c1-3-17-15(18-10-4-5-11-20-2)19-12-13-6-8-14(16)9-7-13;/h6-9H,3-5,10-12H2,1-2H3,(H2,17,18,19);1H. The Morgan fingerprint density at radius 2 is 1.90 bits per heavy atom. The first-order valence-electron chi connectivity index (χ1n) is 7.01. The molecule has 6 heteroatoms. The van der Waals surface area contributed by atoms with E-state index in [4.69, 9.17) is 0 Å². The van der Waals surface area contributed by atoms with Gasteiger partial charge < -0.3 is 10.6 Å². The molecule has 2 N–H and O–H groups in total. The van der Waals surface area contributed by atoms with Crippen LogP contribution in [0, 0.1) is 5.82 Å². The highest BCUT2D eigenvalue weighted by Crippen LogP contribution is 2.04. The molecule has 0 amide bonds. The van der Waals surface area contributed by atoms with Gasteiger partial charge in [0.15, 0.2) is 5.96 Å². The van der Waals surface area contributed by atoms with Gasteiger partial charge in [0.05, 0.1) is 6.54 Å². The minimum absolute atomic E-state index is 0. The summed E-state index contributed by atoms with van der Waals surface area (Å²) in [6.07, 6.45) is 4.48. The van der Waals surface area contributed by atoms with E-state index in [-0.39, 0.29) is 29.8 Å². The summed E-state index contributed by atoms with van der Waals surface area (Å²) in [6.45, 7) is 4.36. The van der Waals surface area contributed by atoms with E-state index in [1.165, 1.54) is 24.3 Å². The molecule has 0 aromatic heterocycles. The highest BCUT2D eigenvalue weighted by molar-refractivity contribution is 14.0. The largest absolute Gasteiger partial charge is 0.357 e. The first-order chi connectivity index (χ1) is 9.76. The predicted octanol–water partition coefficient (Wildman–Crippen LogP) is 3.64. The molecule has 0 aliphatic rings. The molecule has 3 nitrogen and oxygen atoms in total. The number of halogens is 2. The average Bonchev–Trinajstić information content (AvgIpc) is 2.46. The minimum atomic E-state index is -0.212. The molecule has 0 radical (unpaired) electrons. The van der Waals surface area contributed by atoms with Crippen LogP contribution in [0.25, 0.3) is 0 Å². The number of unbranched alkanes of at least 4 members (excludes halogenated alkanes) is 1. The van der Waals surface area contributed by atoms with E-state index in [9.17, 15) is 4.39 Å². The van der Waals surface area contributed by atoms with Crippen molar-refractivity contribution >= 4 is 41.7 Å². The molecule has 0 atom stereocenters. The van der Waals surface area contributed by atoms with Gasteiger partial charge in [-0.25, -0.2) is 9.38 Å². The zero-order valence-corrected chi connectivity index (χ0v) is 15.8. The number of thioether (sulfide) groups is 1. The van der Waals surface area contributed by atoms with Crippen molar-refractivity contribution in [2.75, 3.05) is 25.1 Å². The van der Waals surface area contributed by atoms with Gasteiger partial charge in [0, 0.05) is 13.1 Å². The quantitative estimate of drug-likeness (QED) is 0.289. The van der Waals surface area contributed by atoms with E-state index in [0.717, 1.165) is 31.0 Å². The van der Waals surface area contributed by atoms with Gasteiger partial charge in [-0.15, -0.1) is 24.0 Å². The maximum absolute atomic E-state index is 12.8. The summed E-state index contributed by atoms with van der Waals surface area (Å²) >= 11 is 1.88. The number of nitrogens with one attached hydrogen (secondary N) is 2. The summed E-state index contributed by atoms with van der Waals surface area (Å²) in [5.74, 6) is 1.81. The monoisotopic (exact) mass is 425 g/mol. The lowest BCUT2D eigenvalue weighted by Gasteiger charge is -2.11. The summed E-state index contributed by atoms with van der Waals surface area (Å²) < 4.78 is 12.8. The normalized spacial score (nSPS) is 10.9. The zero-order valence-electron chi connectivity index (χ0n) is 12.7. The molecule has 0 heterocycles. The van der Waals surface area contributed by atoms with Crippen LogP contribution in [0.2, 0.25) is 0 Å². The lowest BCUT2D eigenvalue weighted by atomic mass is 10.2. The third-order valence-corrected chi connectivity index (χ3v) is 3.44. The Morgan fingerprint density at radius 3 is 2.52 bits per heavy atom. The van der Waals surface area contributed by atoms with Crippen LogP contribution in [0.3, 0.4) is 0 Å². The van der Waals surface area contributed by atoms with Crippen molar-refractivity contribution in [1.29, 1.82) is 0 Å². The van der Waals surface area contributed by atoms with Gasteiger partial charge in [-0.05, 0) is 49.5 Å². The Hall–Kier alpha value is -0.500. The van der Waals surface area contributed by atoms with Crippen molar-refractivity contribution in [2.45, 2.75) is 26.3 Å². The van der Waals surface area contributed by atoms with Crippen molar-refractivity contribution in [3.8, 4) is 0 Å². The van der Waals surface area contributed by atoms with Crippen molar-refractivity contribution < 1.29 is 4.39 Å². The predicted molar refractivity (Wildman–Crippen MR) is 102 cm³/mol. The maximum Gasteiger partial charge on any atom is 0.191 e. The van der Waals surface area contributed by atoms with Gasteiger partial charge in [-0.2, -0.15) is 11.8 Å². The first kappa shape index (κ1) is 20.5. The van der Waals surface area contributed by atoms with Gasteiger partial charge in [0.1, 0.15) is 5.82 Å². The van der Waals surface area contributed by atoms with Gasteiger partial charge in [0.2, 0.25) is 0 Å². The van der Waals surface area contributed by atoms with Crippen molar-refractivity contribution in [3.63, 3.8) is 0 Å². The summed E-state index contributed by atoms with van der Waals surface area (Å²) in [4.78, 5) is 4.50. The summed E-state index contributed by atoms with van der Waals surface area (Å²) in [7, 11) is 0. The summed E-state index contributed by atoms with van der Waals surface area (Å²) in [5.41, 5.74) is 1.01. The van der Waals surface area contributed by atoms with Crippen molar-refractivity contribution in [1.82, 2.24) is 10.6 Å². The molecular formula is C15H25FIN3S. The molecule has 1 rings (SSSR count). The molecule has 1 aromatic carbocycles. The molecule has 21 heavy (non-hydrogen) atoms. The number of hydrogen-bond acceptors (Lipinski definition) is 2. The molecule has 0 aliphatic carbocycles. The second-order valence-electron chi connectivity index (χ2n) is 4.45. The van der Waals surface area contributed by atoms with Crippen LogP contribution >= 0.6 is 35.7 Å². The first-order valence-corrected chi connectivity index (χ1v) is 8.41. The Morgan fingerprint density at radius 1 is 1.19 bits per heavy atom. The summed E-state index contributed by atoms with van der Waals surface area (Å²) in [6, 6.07) is 6.46. The van der Waals surface area contributed by atoms with Crippen LogP contribution in [0.15, 0.2) is 29.3 Å². The molecular weight excluding hydrogens is 400 g/mol. The number of aliphatic imine (C=N–C) groups is 1. The van der Waals surface area contributed by atoms with E-state index < -0.39 is 0 Å². The smallest absolute Gasteiger partial charge is 0.191 e. The Labute approximate surface area is 148 Å². The Balaban J connectivity index is 0.00000400. The fourth-order valence-electron chi connectivity index (χ4n) is 1.68. The molecule has 0 aliphatic heterocycles. The SMILES string of the molecule is CCNC(=NCc1ccc(F)cc1)NCCCCSC.I.